The molecule has 1 saturated heterocycles. The van der Waals surface area contributed by atoms with E-state index in [9.17, 15) is 5.11 Å². The lowest BCUT2D eigenvalue weighted by atomic mass is 10.2. The second-order valence-corrected chi connectivity index (χ2v) is 4.25. The van der Waals surface area contributed by atoms with Gasteiger partial charge in [0, 0.05) is 19.6 Å². The fraction of sp³-hybridized carbons (Fsp3) is 0.429. The van der Waals surface area contributed by atoms with E-state index in [1.165, 1.54) is 0 Å². The lowest BCUT2D eigenvalue weighted by Crippen LogP contribution is -2.40. The van der Waals surface area contributed by atoms with E-state index in [2.05, 4.69) is 4.90 Å². The van der Waals surface area contributed by atoms with Crippen molar-refractivity contribution in [3.8, 4) is 0 Å². The second-order valence-electron chi connectivity index (χ2n) is 4.25. The Balaban J connectivity index is 1.80. The van der Waals surface area contributed by atoms with E-state index in [0.717, 1.165) is 31.9 Å². The molecule has 1 aliphatic heterocycles. The van der Waals surface area contributed by atoms with Crippen LogP contribution in [0.3, 0.4) is 0 Å². The van der Waals surface area contributed by atoms with Crippen LogP contribution in [0.1, 0.15) is 5.56 Å². The summed E-state index contributed by atoms with van der Waals surface area (Å²) in [5, 5.41) is 9.89. The van der Waals surface area contributed by atoms with E-state index < -0.39 is 6.10 Å². The third kappa shape index (κ3) is 4.30. The van der Waals surface area contributed by atoms with Crippen LogP contribution >= 0.6 is 0 Å². The highest BCUT2D eigenvalue weighted by Crippen LogP contribution is 2.04. The van der Waals surface area contributed by atoms with Crippen molar-refractivity contribution in [2.45, 2.75) is 6.10 Å². The van der Waals surface area contributed by atoms with E-state index in [1.54, 1.807) is 0 Å². The van der Waals surface area contributed by atoms with Gasteiger partial charge in [-0.05, 0) is 5.56 Å². The summed E-state index contributed by atoms with van der Waals surface area (Å²) in [7, 11) is 0. The molecule has 3 nitrogen and oxygen atoms in total. The molecule has 1 fully saturated rings. The van der Waals surface area contributed by atoms with Gasteiger partial charge in [0.05, 0.1) is 19.3 Å². The molecule has 0 amide bonds. The van der Waals surface area contributed by atoms with Gasteiger partial charge in [0.2, 0.25) is 0 Å². The summed E-state index contributed by atoms with van der Waals surface area (Å²) in [6.07, 6.45) is 3.41. The Kier molecular flexibility index (Phi) is 4.74. The van der Waals surface area contributed by atoms with Crippen molar-refractivity contribution in [2.24, 2.45) is 0 Å². The number of hydrogen-bond acceptors (Lipinski definition) is 3. The number of ether oxygens (including phenoxy) is 1. The molecule has 1 unspecified atom stereocenters. The highest BCUT2D eigenvalue weighted by molar-refractivity contribution is 5.49. The Morgan fingerprint density at radius 3 is 2.65 bits per heavy atom. The van der Waals surface area contributed by atoms with Crippen molar-refractivity contribution in [3.63, 3.8) is 0 Å². The van der Waals surface area contributed by atoms with Gasteiger partial charge in [0.25, 0.3) is 0 Å². The first-order valence-electron chi connectivity index (χ1n) is 6.06. The molecule has 0 spiro atoms. The van der Waals surface area contributed by atoms with Crippen LogP contribution in [-0.4, -0.2) is 49.0 Å². The molecule has 1 N–H and O–H groups in total. The molecule has 2 rings (SSSR count). The van der Waals surface area contributed by atoms with Crippen LogP contribution in [0.25, 0.3) is 6.08 Å². The molecule has 0 saturated carbocycles. The van der Waals surface area contributed by atoms with Crippen LogP contribution in [0.2, 0.25) is 0 Å². The predicted octanol–water partition coefficient (Wildman–Crippen LogP) is 1.39. The average molecular weight is 233 g/mol. The van der Waals surface area contributed by atoms with Crippen LogP contribution in [-0.2, 0) is 4.74 Å². The quantitative estimate of drug-likeness (QED) is 0.853. The third-order valence-corrected chi connectivity index (χ3v) is 2.86. The SMILES string of the molecule is OC(/C=C\c1ccccc1)CN1CCOCC1. The minimum absolute atomic E-state index is 0.409. The number of rotatable bonds is 4. The fourth-order valence-electron chi connectivity index (χ4n) is 1.90. The number of β-amino-alcohol motifs (C(OH)–C–C–N with tert-alkyl or cyclic N) is 1. The van der Waals surface area contributed by atoms with Crippen LogP contribution in [0.4, 0.5) is 0 Å². The summed E-state index contributed by atoms with van der Waals surface area (Å²) in [5.74, 6) is 0. The van der Waals surface area contributed by atoms with Gasteiger partial charge in [-0.1, -0.05) is 42.5 Å². The van der Waals surface area contributed by atoms with Crippen molar-refractivity contribution < 1.29 is 9.84 Å². The molecule has 3 heteroatoms. The largest absolute Gasteiger partial charge is 0.388 e. The number of benzene rings is 1. The first-order chi connectivity index (χ1) is 8.34. The van der Waals surface area contributed by atoms with Crippen molar-refractivity contribution >= 4 is 6.08 Å². The summed E-state index contributed by atoms with van der Waals surface area (Å²) in [5.41, 5.74) is 1.12. The lowest BCUT2D eigenvalue weighted by Gasteiger charge is -2.27. The van der Waals surface area contributed by atoms with Crippen LogP contribution in [0.15, 0.2) is 36.4 Å². The molecule has 1 aliphatic rings. The first kappa shape index (κ1) is 12.3. The maximum absolute atomic E-state index is 9.89. The van der Waals surface area contributed by atoms with E-state index in [0.29, 0.717) is 6.54 Å². The highest BCUT2D eigenvalue weighted by Gasteiger charge is 2.12. The van der Waals surface area contributed by atoms with Gasteiger partial charge in [-0.25, -0.2) is 0 Å². The standard InChI is InChI=1S/C14H19NO2/c16-14(12-15-8-10-17-11-9-15)7-6-13-4-2-1-3-5-13/h1-7,14,16H,8-12H2/b7-6-. The van der Waals surface area contributed by atoms with E-state index in [1.807, 2.05) is 42.5 Å². The highest BCUT2D eigenvalue weighted by atomic mass is 16.5. The molecule has 92 valence electrons. The van der Waals surface area contributed by atoms with Gasteiger partial charge in [-0.3, -0.25) is 4.90 Å². The van der Waals surface area contributed by atoms with Crippen LogP contribution in [0, 0.1) is 0 Å². The van der Waals surface area contributed by atoms with Crippen LogP contribution in [0.5, 0.6) is 0 Å². The number of nitrogens with zero attached hydrogens (tertiary/aromatic N) is 1. The minimum Gasteiger partial charge on any atom is -0.388 e. The third-order valence-electron chi connectivity index (χ3n) is 2.86. The van der Waals surface area contributed by atoms with E-state index in [4.69, 9.17) is 4.74 Å². The van der Waals surface area contributed by atoms with Gasteiger partial charge in [-0.15, -0.1) is 0 Å². The molecule has 1 atom stereocenters. The summed E-state index contributed by atoms with van der Waals surface area (Å²) >= 11 is 0. The lowest BCUT2D eigenvalue weighted by molar-refractivity contribution is 0.0223. The molecule has 1 aromatic rings. The zero-order chi connectivity index (χ0) is 11.9. The summed E-state index contributed by atoms with van der Waals surface area (Å²) < 4.78 is 5.27. The van der Waals surface area contributed by atoms with Gasteiger partial charge < -0.3 is 9.84 Å². The van der Waals surface area contributed by atoms with Gasteiger partial charge in [0.15, 0.2) is 0 Å². The Morgan fingerprint density at radius 2 is 1.94 bits per heavy atom. The molecular formula is C14H19NO2. The maximum Gasteiger partial charge on any atom is 0.0851 e. The number of aliphatic hydroxyl groups is 1. The minimum atomic E-state index is -0.409. The molecule has 1 aromatic carbocycles. The number of hydrogen-bond donors (Lipinski definition) is 1. The zero-order valence-corrected chi connectivity index (χ0v) is 9.96. The first-order valence-corrected chi connectivity index (χ1v) is 6.06. The Bertz CT molecular complexity index is 344. The Labute approximate surface area is 102 Å². The van der Waals surface area contributed by atoms with Gasteiger partial charge in [-0.2, -0.15) is 0 Å². The zero-order valence-electron chi connectivity index (χ0n) is 9.96. The van der Waals surface area contributed by atoms with Crippen molar-refractivity contribution in [3.05, 3.63) is 42.0 Å². The van der Waals surface area contributed by atoms with Gasteiger partial charge in [0.1, 0.15) is 0 Å². The monoisotopic (exact) mass is 233 g/mol. The predicted molar refractivity (Wildman–Crippen MR) is 68.7 cm³/mol. The topological polar surface area (TPSA) is 32.7 Å². The summed E-state index contributed by atoms with van der Waals surface area (Å²) in [4.78, 5) is 2.23. The van der Waals surface area contributed by atoms with Crippen molar-refractivity contribution in [1.82, 2.24) is 4.90 Å². The average Bonchev–Trinajstić information content (AvgIpc) is 2.39. The number of aliphatic hydroxyl groups excluding tert-OH is 1. The maximum atomic E-state index is 9.89. The molecule has 1 heterocycles. The summed E-state index contributed by atoms with van der Waals surface area (Å²) in [6, 6.07) is 10.0. The van der Waals surface area contributed by atoms with Crippen molar-refractivity contribution in [1.29, 1.82) is 0 Å². The smallest absolute Gasteiger partial charge is 0.0851 e. The molecule has 0 radical (unpaired) electrons. The summed E-state index contributed by atoms with van der Waals surface area (Å²) in [6.45, 7) is 4.06. The Hall–Kier alpha value is -1.16. The van der Waals surface area contributed by atoms with E-state index >= 15 is 0 Å². The normalized spacial score (nSPS) is 19.6. The molecular weight excluding hydrogens is 214 g/mol. The Morgan fingerprint density at radius 1 is 1.24 bits per heavy atom. The molecule has 0 bridgehead atoms. The number of morpholine rings is 1. The van der Waals surface area contributed by atoms with Gasteiger partial charge >= 0.3 is 0 Å². The van der Waals surface area contributed by atoms with Crippen molar-refractivity contribution in [2.75, 3.05) is 32.8 Å². The van der Waals surface area contributed by atoms with E-state index in [-0.39, 0.29) is 0 Å². The molecule has 0 aliphatic carbocycles. The fourth-order valence-corrected chi connectivity index (χ4v) is 1.90. The molecule has 0 aromatic heterocycles. The van der Waals surface area contributed by atoms with Crippen LogP contribution < -0.4 is 0 Å². The molecule has 17 heavy (non-hydrogen) atoms. The second kappa shape index (κ2) is 6.55.